The number of benzene rings is 9. The van der Waals surface area contributed by atoms with E-state index in [1.165, 1.54) is 54.7 Å². The van der Waals surface area contributed by atoms with E-state index in [1.54, 1.807) is 0 Å². The van der Waals surface area contributed by atoms with Gasteiger partial charge in [-0.3, -0.25) is 4.57 Å². The summed E-state index contributed by atoms with van der Waals surface area (Å²) in [5.41, 5.74) is 13.2. The van der Waals surface area contributed by atoms with Crippen LogP contribution in [0.1, 0.15) is 0 Å². The van der Waals surface area contributed by atoms with Crippen molar-refractivity contribution in [3.63, 3.8) is 0 Å². The monoisotopic (exact) mass is 738 g/mol. The molecule has 0 atom stereocenters. The van der Waals surface area contributed by atoms with Gasteiger partial charge in [0.15, 0.2) is 0 Å². The number of aromatic nitrogens is 4. The lowest BCUT2D eigenvalue weighted by Gasteiger charge is -2.15. The molecule has 4 heteroatoms. The summed E-state index contributed by atoms with van der Waals surface area (Å²) >= 11 is 0. The Morgan fingerprint density at radius 3 is 1.59 bits per heavy atom. The highest BCUT2D eigenvalue weighted by Gasteiger charge is 2.24. The fraction of sp³-hybridized carbons (Fsp3) is 0. The van der Waals surface area contributed by atoms with Crippen molar-refractivity contribution in [2.24, 2.45) is 0 Å². The second-order valence-corrected chi connectivity index (χ2v) is 15.0. The highest BCUT2D eigenvalue weighted by molar-refractivity contribution is 6.31. The molecule has 270 valence electrons. The third-order valence-corrected chi connectivity index (χ3v) is 11.7. The third-order valence-electron chi connectivity index (χ3n) is 11.7. The van der Waals surface area contributed by atoms with E-state index in [0.717, 1.165) is 49.8 Å². The normalized spacial score (nSPS) is 11.8. The Labute approximate surface area is 334 Å². The fourth-order valence-electron chi connectivity index (χ4n) is 9.13. The first-order valence-corrected chi connectivity index (χ1v) is 19.8. The standard InChI is InChI=1S/C54H34N4/c1-4-16-35(17-5-1)39-32-40(36-18-6-2-7-19-36)34-41(33-39)57-48-30-31-49-50(51(48)45-29-28-37-20-10-11-23-42(37)53(45)57)44-25-13-15-27-47(44)58(49)54-55-46-26-14-12-24-43(46)52(56-54)38-21-8-3-9-22-38/h1-34H. The van der Waals surface area contributed by atoms with Crippen molar-refractivity contribution < 1.29 is 0 Å². The van der Waals surface area contributed by atoms with E-state index in [-0.39, 0.29) is 0 Å². The van der Waals surface area contributed by atoms with Gasteiger partial charge in [0, 0.05) is 43.6 Å². The van der Waals surface area contributed by atoms with E-state index >= 15 is 0 Å². The van der Waals surface area contributed by atoms with Crippen LogP contribution in [0.25, 0.3) is 110 Å². The van der Waals surface area contributed by atoms with Crippen molar-refractivity contribution in [3.05, 3.63) is 206 Å². The molecule has 0 aliphatic carbocycles. The molecular formula is C54H34N4. The molecule has 0 spiro atoms. The van der Waals surface area contributed by atoms with E-state index in [4.69, 9.17) is 9.97 Å². The minimum atomic E-state index is 0.653. The number of rotatable bonds is 5. The van der Waals surface area contributed by atoms with Crippen molar-refractivity contribution >= 4 is 65.3 Å². The summed E-state index contributed by atoms with van der Waals surface area (Å²) < 4.78 is 4.76. The number of fused-ring (bicyclic) bond motifs is 10. The quantitative estimate of drug-likeness (QED) is 0.176. The zero-order valence-electron chi connectivity index (χ0n) is 31.4. The Morgan fingerprint density at radius 2 is 0.879 bits per heavy atom. The van der Waals surface area contributed by atoms with Crippen LogP contribution in [0, 0.1) is 0 Å². The van der Waals surface area contributed by atoms with Gasteiger partial charge in [-0.2, -0.15) is 0 Å². The zero-order valence-corrected chi connectivity index (χ0v) is 31.4. The largest absolute Gasteiger partial charge is 0.309 e. The predicted octanol–water partition coefficient (Wildman–Crippen LogP) is 14.0. The van der Waals surface area contributed by atoms with Crippen LogP contribution in [0.15, 0.2) is 206 Å². The third kappa shape index (κ3) is 4.95. The number of hydrogen-bond donors (Lipinski definition) is 0. The molecule has 9 aromatic carbocycles. The first kappa shape index (κ1) is 32.4. The van der Waals surface area contributed by atoms with Crippen LogP contribution < -0.4 is 0 Å². The Balaban J connectivity index is 1.22. The Bertz CT molecular complexity index is 3490. The molecule has 58 heavy (non-hydrogen) atoms. The minimum absolute atomic E-state index is 0.653. The second kappa shape index (κ2) is 12.9. The van der Waals surface area contributed by atoms with Crippen molar-refractivity contribution in [2.75, 3.05) is 0 Å². The van der Waals surface area contributed by atoms with E-state index in [1.807, 2.05) is 6.07 Å². The molecule has 3 aromatic heterocycles. The molecule has 12 rings (SSSR count). The van der Waals surface area contributed by atoms with Crippen molar-refractivity contribution in [1.29, 1.82) is 0 Å². The number of hydrogen-bond acceptors (Lipinski definition) is 2. The summed E-state index contributed by atoms with van der Waals surface area (Å²) in [6.45, 7) is 0. The summed E-state index contributed by atoms with van der Waals surface area (Å²) in [6.07, 6.45) is 0. The first-order chi connectivity index (χ1) is 28.8. The summed E-state index contributed by atoms with van der Waals surface area (Å²) in [4.78, 5) is 10.6. The van der Waals surface area contributed by atoms with Crippen molar-refractivity contribution in [2.45, 2.75) is 0 Å². The molecule has 4 nitrogen and oxygen atoms in total. The maximum atomic E-state index is 5.37. The molecule has 0 aliphatic rings. The second-order valence-electron chi connectivity index (χ2n) is 15.0. The lowest BCUT2D eigenvalue weighted by Crippen LogP contribution is -2.03. The highest BCUT2D eigenvalue weighted by Crippen LogP contribution is 2.45. The summed E-state index contributed by atoms with van der Waals surface area (Å²) in [5.74, 6) is 0.653. The van der Waals surface area contributed by atoms with Gasteiger partial charge in [0.1, 0.15) is 0 Å². The topological polar surface area (TPSA) is 35.6 Å². The van der Waals surface area contributed by atoms with Gasteiger partial charge in [-0.15, -0.1) is 0 Å². The van der Waals surface area contributed by atoms with Gasteiger partial charge in [0.05, 0.1) is 33.3 Å². The van der Waals surface area contributed by atoms with Gasteiger partial charge >= 0.3 is 0 Å². The van der Waals surface area contributed by atoms with E-state index in [2.05, 4.69) is 209 Å². The average Bonchev–Trinajstić information content (AvgIpc) is 3.83. The maximum absolute atomic E-state index is 5.37. The Hall–Kier alpha value is -7.82. The molecule has 0 amide bonds. The van der Waals surface area contributed by atoms with Crippen LogP contribution in [0.2, 0.25) is 0 Å². The zero-order chi connectivity index (χ0) is 38.2. The van der Waals surface area contributed by atoms with Gasteiger partial charge < -0.3 is 4.57 Å². The molecule has 0 N–H and O–H groups in total. The Morgan fingerprint density at radius 1 is 0.328 bits per heavy atom. The fourth-order valence-corrected chi connectivity index (χ4v) is 9.13. The lowest BCUT2D eigenvalue weighted by atomic mass is 9.98. The number of nitrogens with zero attached hydrogens (tertiary/aromatic N) is 4. The molecule has 3 heterocycles. The molecule has 0 radical (unpaired) electrons. The molecule has 0 fully saturated rings. The first-order valence-electron chi connectivity index (χ1n) is 19.8. The Kier molecular flexibility index (Phi) is 7.20. The molecule has 12 aromatic rings. The number of para-hydroxylation sites is 2. The molecular weight excluding hydrogens is 705 g/mol. The summed E-state index contributed by atoms with van der Waals surface area (Å²) in [7, 11) is 0. The van der Waals surface area contributed by atoms with Crippen LogP contribution in [-0.4, -0.2) is 19.1 Å². The molecule has 0 saturated carbocycles. The van der Waals surface area contributed by atoms with Crippen LogP contribution in [0.4, 0.5) is 0 Å². The SMILES string of the molecule is c1ccc(-c2cc(-c3ccccc3)cc(-n3c4ccc5c(c6ccccc6n5-c5nc(-c6ccccc6)c6ccccc6n5)c4c4ccc5ccccc5c43)c2)cc1. The summed E-state index contributed by atoms with van der Waals surface area (Å²) in [6, 6.07) is 73.9. The average molecular weight is 739 g/mol. The van der Waals surface area contributed by atoms with Gasteiger partial charge in [-0.1, -0.05) is 164 Å². The van der Waals surface area contributed by atoms with E-state index in [9.17, 15) is 0 Å². The molecule has 0 aliphatic heterocycles. The molecule has 0 unspecified atom stereocenters. The summed E-state index contributed by atoms with van der Waals surface area (Å²) in [5, 5.41) is 8.22. The van der Waals surface area contributed by atoms with Crippen LogP contribution in [0.3, 0.4) is 0 Å². The minimum Gasteiger partial charge on any atom is -0.309 e. The lowest BCUT2D eigenvalue weighted by molar-refractivity contribution is 1.01. The molecule has 0 saturated heterocycles. The smallest absolute Gasteiger partial charge is 0.235 e. The van der Waals surface area contributed by atoms with Crippen LogP contribution in [-0.2, 0) is 0 Å². The van der Waals surface area contributed by atoms with Crippen molar-refractivity contribution in [3.8, 4) is 45.1 Å². The van der Waals surface area contributed by atoms with Gasteiger partial charge in [0.25, 0.3) is 0 Å². The van der Waals surface area contributed by atoms with E-state index in [0.29, 0.717) is 5.95 Å². The van der Waals surface area contributed by atoms with Crippen LogP contribution >= 0.6 is 0 Å². The predicted molar refractivity (Wildman–Crippen MR) is 242 cm³/mol. The van der Waals surface area contributed by atoms with Crippen LogP contribution in [0.5, 0.6) is 0 Å². The maximum Gasteiger partial charge on any atom is 0.235 e. The van der Waals surface area contributed by atoms with Gasteiger partial charge in [0.2, 0.25) is 5.95 Å². The van der Waals surface area contributed by atoms with Crippen molar-refractivity contribution in [1.82, 2.24) is 19.1 Å². The van der Waals surface area contributed by atoms with Gasteiger partial charge in [-0.25, -0.2) is 9.97 Å². The van der Waals surface area contributed by atoms with E-state index < -0.39 is 0 Å². The molecule has 0 bridgehead atoms. The highest BCUT2D eigenvalue weighted by atomic mass is 15.2. The van der Waals surface area contributed by atoms with Gasteiger partial charge in [-0.05, 0) is 70.1 Å².